The summed E-state index contributed by atoms with van der Waals surface area (Å²) < 4.78 is 1.66. The minimum Gasteiger partial charge on any atom is -0.478 e. The van der Waals surface area contributed by atoms with Gasteiger partial charge in [-0.3, -0.25) is 9.78 Å². The number of nitrogens with zero attached hydrogens (tertiary/aromatic N) is 4. The van der Waals surface area contributed by atoms with E-state index in [0.717, 1.165) is 18.7 Å². The van der Waals surface area contributed by atoms with Crippen molar-refractivity contribution in [2.45, 2.75) is 25.3 Å². The van der Waals surface area contributed by atoms with E-state index in [1.165, 1.54) is 18.6 Å². The number of fused-ring (bicyclic) bond motifs is 2. The Kier molecular flexibility index (Phi) is 3.64. The second kappa shape index (κ2) is 5.97. The highest BCUT2D eigenvalue weighted by Gasteiger charge is 2.28. The first-order chi connectivity index (χ1) is 12.1. The molecule has 2 N–H and O–H groups in total. The third kappa shape index (κ3) is 2.61. The van der Waals surface area contributed by atoms with E-state index in [0.29, 0.717) is 22.9 Å². The summed E-state index contributed by atoms with van der Waals surface area (Å²) in [6, 6.07) is 4.36. The van der Waals surface area contributed by atoms with Gasteiger partial charge in [0.2, 0.25) is 5.91 Å². The smallest absolute Gasteiger partial charge is 0.336 e. The number of carboxylic acids is 1. The van der Waals surface area contributed by atoms with Gasteiger partial charge in [-0.1, -0.05) is 0 Å². The Labute approximate surface area is 142 Å². The highest BCUT2D eigenvalue weighted by atomic mass is 16.4. The van der Waals surface area contributed by atoms with Crippen LogP contribution in [0.4, 0.5) is 5.69 Å². The van der Waals surface area contributed by atoms with E-state index >= 15 is 0 Å². The van der Waals surface area contributed by atoms with Crippen LogP contribution in [0.3, 0.4) is 0 Å². The molecule has 0 spiro atoms. The molecule has 1 aromatic carbocycles. The molecule has 0 fully saturated rings. The Hall–Kier alpha value is -3.29. The van der Waals surface area contributed by atoms with Gasteiger partial charge in [0.25, 0.3) is 0 Å². The maximum absolute atomic E-state index is 12.8. The zero-order valence-electron chi connectivity index (χ0n) is 13.2. The first kappa shape index (κ1) is 15.3. The molecule has 0 radical (unpaired) electrons. The molecule has 1 unspecified atom stereocenters. The Bertz CT molecular complexity index is 981. The van der Waals surface area contributed by atoms with E-state index in [1.54, 1.807) is 23.0 Å². The van der Waals surface area contributed by atoms with Crippen molar-refractivity contribution in [3.63, 3.8) is 0 Å². The SMILES string of the molecule is O=C(O)c1ccc(NC(=O)C2CCCc3ncnn32)c2ccncc12. The lowest BCUT2D eigenvalue weighted by Crippen LogP contribution is -2.30. The third-order valence-corrected chi connectivity index (χ3v) is 4.43. The molecule has 0 saturated heterocycles. The van der Waals surface area contributed by atoms with E-state index in [4.69, 9.17) is 0 Å². The van der Waals surface area contributed by atoms with Gasteiger partial charge in [-0.25, -0.2) is 14.5 Å². The van der Waals surface area contributed by atoms with Crippen LogP contribution in [0.1, 0.15) is 35.1 Å². The predicted molar refractivity (Wildman–Crippen MR) is 89.3 cm³/mol. The molecule has 1 aliphatic heterocycles. The molecule has 3 heterocycles. The predicted octanol–water partition coefficient (Wildman–Crippen LogP) is 2.04. The van der Waals surface area contributed by atoms with Gasteiger partial charge in [0.1, 0.15) is 18.2 Å². The second-order valence-corrected chi connectivity index (χ2v) is 5.91. The number of carbonyl (C=O) groups is 2. The summed E-state index contributed by atoms with van der Waals surface area (Å²) in [5.74, 6) is -0.412. The maximum atomic E-state index is 12.8. The van der Waals surface area contributed by atoms with Crippen LogP contribution in [0, 0.1) is 0 Å². The minimum absolute atomic E-state index is 0.150. The molecule has 1 amide bonds. The maximum Gasteiger partial charge on any atom is 0.336 e. The zero-order chi connectivity index (χ0) is 17.4. The topological polar surface area (TPSA) is 110 Å². The van der Waals surface area contributed by atoms with Crippen molar-refractivity contribution in [2.75, 3.05) is 5.32 Å². The molecule has 1 aliphatic rings. The number of nitrogens with one attached hydrogen (secondary N) is 1. The summed E-state index contributed by atoms with van der Waals surface area (Å²) in [6.07, 6.45) is 6.90. The lowest BCUT2D eigenvalue weighted by atomic mass is 10.0. The van der Waals surface area contributed by atoms with E-state index in [2.05, 4.69) is 20.4 Å². The number of amides is 1. The average Bonchev–Trinajstić information content (AvgIpc) is 3.10. The summed E-state index contributed by atoms with van der Waals surface area (Å²) in [4.78, 5) is 32.3. The Morgan fingerprint density at radius 1 is 1.24 bits per heavy atom. The average molecular weight is 337 g/mol. The summed E-state index contributed by atoms with van der Waals surface area (Å²) in [6.45, 7) is 0. The number of aryl methyl sites for hydroxylation is 1. The van der Waals surface area contributed by atoms with E-state index in [9.17, 15) is 14.7 Å². The molecule has 25 heavy (non-hydrogen) atoms. The third-order valence-electron chi connectivity index (χ3n) is 4.43. The first-order valence-corrected chi connectivity index (χ1v) is 7.94. The van der Waals surface area contributed by atoms with Crippen LogP contribution in [-0.4, -0.2) is 36.7 Å². The Morgan fingerprint density at radius 2 is 2.12 bits per heavy atom. The summed E-state index contributed by atoms with van der Waals surface area (Å²) >= 11 is 0. The minimum atomic E-state index is -1.03. The van der Waals surface area contributed by atoms with E-state index in [1.807, 2.05) is 0 Å². The van der Waals surface area contributed by atoms with Crippen LogP contribution in [0.2, 0.25) is 0 Å². The fourth-order valence-corrected chi connectivity index (χ4v) is 3.23. The van der Waals surface area contributed by atoms with Crippen molar-refractivity contribution in [3.8, 4) is 0 Å². The highest BCUT2D eigenvalue weighted by Crippen LogP contribution is 2.28. The normalized spacial score (nSPS) is 16.4. The van der Waals surface area contributed by atoms with Crippen LogP contribution in [0.25, 0.3) is 10.8 Å². The van der Waals surface area contributed by atoms with Gasteiger partial charge in [-0.05, 0) is 31.0 Å². The molecule has 126 valence electrons. The molecule has 0 saturated carbocycles. The molecule has 8 heteroatoms. The number of hydrogen-bond acceptors (Lipinski definition) is 5. The molecule has 2 aromatic heterocycles. The van der Waals surface area contributed by atoms with E-state index < -0.39 is 12.0 Å². The van der Waals surface area contributed by atoms with Gasteiger partial charge in [-0.15, -0.1) is 0 Å². The monoisotopic (exact) mass is 337 g/mol. The van der Waals surface area contributed by atoms with Gasteiger partial charge in [-0.2, -0.15) is 5.10 Å². The number of pyridine rings is 1. The Morgan fingerprint density at radius 3 is 2.96 bits per heavy atom. The van der Waals surface area contributed by atoms with Crippen LogP contribution in [0.5, 0.6) is 0 Å². The van der Waals surface area contributed by atoms with Crippen LogP contribution >= 0.6 is 0 Å². The number of benzene rings is 1. The van der Waals surface area contributed by atoms with Crippen molar-refractivity contribution in [2.24, 2.45) is 0 Å². The molecular weight excluding hydrogens is 322 g/mol. The molecule has 3 aromatic rings. The van der Waals surface area contributed by atoms with Gasteiger partial charge >= 0.3 is 5.97 Å². The van der Waals surface area contributed by atoms with Gasteiger partial charge < -0.3 is 10.4 Å². The quantitative estimate of drug-likeness (QED) is 0.757. The molecule has 0 bridgehead atoms. The van der Waals surface area contributed by atoms with Crippen LogP contribution < -0.4 is 5.32 Å². The fourth-order valence-electron chi connectivity index (χ4n) is 3.23. The standard InChI is InChI=1S/C17H15N5O3/c23-16(14-2-1-3-15-19-9-20-22(14)15)21-13-5-4-11(17(24)25)12-8-18-7-6-10(12)13/h4-9,14H,1-3H2,(H,21,23)(H,24,25). The number of rotatable bonds is 3. The largest absolute Gasteiger partial charge is 0.478 e. The van der Waals surface area contributed by atoms with Gasteiger partial charge in [0.05, 0.1) is 5.56 Å². The molecule has 8 nitrogen and oxygen atoms in total. The second-order valence-electron chi connectivity index (χ2n) is 5.91. The summed E-state index contributed by atoms with van der Waals surface area (Å²) in [5.41, 5.74) is 0.706. The number of aromatic carboxylic acids is 1. The number of anilines is 1. The molecule has 0 aliphatic carbocycles. The summed E-state index contributed by atoms with van der Waals surface area (Å²) in [7, 11) is 0. The van der Waals surface area contributed by atoms with Gasteiger partial charge in [0, 0.05) is 35.3 Å². The number of carboxylic acid groups (broad SMARTS) is 1. The van der Waals surface area contributed by atoms with Crippen molar-refractivity contribution in [1.29, 1.82) is 0 Å². The number of hydrogen-bond donors (Lipinski definition) is 2. The fraction of sp³-hybridized carbons (Fsp3) is 0.235. The summed E-state index contributed by atoms with van der Waals surface area (Å²) in [5, 5.41) is 17.5. The van der Waals surface area contributed by atoms with Gasteiger partial charge in [0.15, 0.2) is 0 Å². The van der Waals surface area contributed by atoms with Crippen LogP contribution in [0.15, 0.2) is 36.9 Å². The first-order valence-electron chi connectivity index (χ1n) is 7.94. The highest BCUT2D eigenvalue weighted by molar-refractivity contribution is 6.10. The van der Waals surface area contributed by atoms with Crippen molar-refractivity contribution in [1.82, 2.24) is 19.7 Å². The number of aromatic nitrogens is 4. The molecule has 4 rings (SSSR count). The van der Waals surface area contributed by atoms with Crippen molar-refractivity contribution < 1.29 is 14.7 Å². The Balaban J connectivity index is 1.69. The molecule has 1 atom stereocenters. The number of carbonyl (C=O) groups excluding carboxylic acids is 1. The molecular formula is C17H15N5O3. The lowest BCUT2D eigenvalue weighted by Gasteiger charge is -2.23. The zero-order valence-corrected chi connectivity index (χ0v) is 13.2. The van der Waals surface area contributed by atoms with Crippen molar-refractivity contribution >= 4 is 28.3 Å². The van der Waals surface area contributed by atoms with Crippen molar-refractivity contribution in [3.05, 3.63) is 48.3 Å². The lowest BCUT2D eigenvalue weighted by molar-refractivity contribution is -0.120. The van der Waals surface area contributed by atoms with Crippen LogP contribution in [-0.2, 0) is 11.2 Å². The van der Waals surface area contributed by atoms with E-state index in [-0.39, 0.29) is 11.5 Å².